The van der Waals surface area contributed by atoms with Gasteiger partial charge >= 0.3 is 5.97 Å². The Balaban J connectivity index is 1.56. The van der Waals surface area contributed by atoms with Crippen LogP contribution in [0, 0.1) is 11.8 Å². The van der Waals surface area contributed by atoms with Gasteiger partial charge in [-0.15, -0.1) is 0 Å². The summed E-state index contributed by atoms with van der Waals surface area (Å²) in [6.45, 7) is 4.56. The molecule has 3 rings (SSSR count). The highest BCUT2D eigenvalue weighted by Gasteiger charge is 2.23. The van der Waals surface area contributed by atoms with Gasteiger partial charge in [0.15, 0.2) is 0 Å². The maximum absolute atomic E-state index is 12.4. The molecule has 0 radical (unpaired) electrons. The van der Waals surface area contributed by atoms with Crippen molar-refractivity contribution in [1.82, 2.24) is 0 Å². The maximum atomic E-state index is 12.4. The smallest absolute Gasteiger partial charge is 0.338 e. The molecule has 2 aliphatic rings. The Bertz CT molecular complexity index is 576. The summed E-state index contributed by atoms with van der Waals surface area (Å²) in [6, 6.07) is 8.00. The highest BCUT2D eigenvalue weighted by atomic mass is 16.5. The van der Waals surface area contributed by atoms with Crippen molar-refractivity contribution in [2.45, 2.75) is 71.3 Å². The zero-order valence-electron chi connectivity index (χ0n) is 15.1. The van der Waals surface area contributed by atoms with Gasteiger partial charge in [-0.3, -0.25) is 0 Å². The molecule has 0 amide bonds. The second-order valence-electron chi connectivity index (χ2n) is 7.64. The van der Waals surface area contributed by atoms with Crippen molar-refractivity contribution in [2.75, 3.05) is 0 Å². The van der Waals surface area contributed by atoms with Crippen LogP contribution in [-0.2, 0) is 4.74 Å². The zero-order chi connectivity index (χ0) is 16.9. The van der Waals surface area contributed by atoms with Gasteiger partial charge in [-0.1, -0.05) is 38.5 Å². The fraction of sp³-hybridized carbons (Fsp3) is 0.591. The van der Waals surface area contributed by atoms with E-state index >= 15 is 0 Å². The minimum absolute atomic E-state index is 0.113. The molecule has 0 heterocycles. The van der Waals surface area contributed by atoms with E-state index < -0.39 is 0 Å². The average molecular weight is 326 g/mol. The highest BCUT2D eigenvalue weighted by Crippen LogP contribution is 2.31. The molecule has 1 fully saturated rings. The van der Waals surface area contributed by atoms with Crippen molar-refractivity contribution in [2.24, 2.45) is 11.8 Å². The number of carbonyl (C=O) groups excluding carboxylic acids is 1. The SMILES string of the molecule is CC[C@H]1CC[C@H](OC(=O)c2ccc(C3=CCC(C)CC3)cc2)CC1. The lowest BCUT2D eigenvalue weighted by Crippen LogP contribution is -2.24. The molecule has 1 atom stereocenters. The number of hydrogen-bond donors (Lipinski definition) is 0. The second kappa shape index (κ2) is 8.00. The topological polar surface area (TPSA) is 26.3 Å². The first-order valence-electron chi connectivity index (χ1n) is 9.66. The van der Waals surface area contributed by atoms with Crippen molar-refractivity contribution < 1.29 is 9.53 Å². The number of ether oxygens (including phenoxy) is 1. The molecule has 2 aliphatic carbocycles. The Labute approximate surface area is 146 Å². The third-order valence-corrected chi connectivity index (χ3v) is 5.81. The first-order valence-corrected chi connectivity index (χ1v) is 9.66. The molecule has 0 saturated heterocycles. The van der Waals surface area contributed by atoms with Gasteiger partial charge in [0, 0.05) is 0 Å². The van der Waals surface area contributed by atoms with Gasteiger partial charge < -0.3 is 4.74 Å². The lowest BCUT2D eigenvalue weighted by Gasteiger charge is -2.27. The van der Waals surface area contributed by atoms with E-state index in [4.69, 9.17) is 4.74 Å². The van der Waals surface area contributed by atoms with Gasteiger partial charge in [-0.2, -0.15) is 0 Å². The van der Waals surface area contributed by atoms with E-state index in [-0.39, 0.29) is 12.1 Å². The summed E-state index contributed by atoms with van der Waals surface area (Å²) >= 11 is 0. The third kappa shape index (κ3) is 4.28. The van der Waals surface area contributed by atoms with Crippen molar-refractivity contribution in [3.8, 4) is 0 Å². The van der Waals surface area contributed by atoms with Crippen LogP contribution in [0.25, 0.3) is 5.57 Å². The minimum atomic E-state index is -0.159. The molecule has 1 aromatic carbocycles. The van der Waals surface area contributed by atoms with E-state index in [0.717, 1.165) is 31.1 Å². The van der Waals surface area contributed by atoms with Crippen LogP contribution in [-0.4, -0.2) is 12.1 Å². The van der Waals surface area contributed by atoms with Gasteiger partial charge in [0.05, 0.1) is 5.56 Å². The standard InChI is InChI=1S/C22H30O2/c1-3-17-6-14-21(15-7-17)24-22(23)20-12-10-19(11-13-20)18-8-4-16(2)5-9-18/h8,10-13,16-17,21H,3-7,9,14-15H2,1-2H3/t16?,17-,21-. The number of allylic oxidation sites excluding steroid dienone is 2. The van der Waals surface area contributed by atoms with E-state index in [0.29, 0.717) is 5.56 Å². The van der Waals surface area contributed by atoms with Gasteiger partial charge in [0.25, 0.3) is 0 Å². The van der Waals surface area contributed by atoms with Crippen LogP contribution in [0.15, 0.2) is 30.3 Å². The molecular weight excluding hydrogens is 296 g/mol. The summed E-state index contributed by atoms with van der Waals surface area (Å²) in [4.78, 5) is 12.4. The molecule has 0 spiro atoms. The summed E-state index contributed by atoms with van der Waals surface area (Å²) in [5, 5.41) is 0. The van der Waals surface area contributed by atoms with Gasteiger partial charge in [-0.05, 0) is 80.1 Å². The first kappa shape index (κ1) is 17.3. The Hall–Kier alpha value is -1.57. The number of hydrogen-bond acceptors (Lipinski definition) is 2. The normalized spacial score (nSPS) is 27.4. The monoisotopic (exact) mass is 326 g/mol. The molecule has 1 saturated carbocycles. The fourth-order valence-corrected chi connectivity index (χ4v) is 3.93. The van der Waals surface area contributed by atoms with Crippen LogP contribution in [0.3, 0.4) is 0 Å². The number of esters is 1. The highest BCUT2D eigenvalue weighted by molar-refractivity contribution is 5.90. The molecule has 1 unspecified atom stereocenters. The second-order valence-corrected chi connectivity index (χ2v) is 7.64. The van der Waals surface area contributed by atoms with Gasteiger partial charge in [0.2, 0.25) is 0 Å². The largest absolute Gasteiger partial charge is 0.459 e. The number of benzene rings is 1. The van der Waals surface area contributed by atoms with Gasteiger partial charge in [-0.25, -0.2) is 4.79 Å². The van der Waals surface area contributed by atoms with Crippen molar-refractivity contribution >= 4 is 11.5 Å². The molecular formula is C22H30O2. The van der Waals surface area contributed by atoms with E-state index in [1.54, 1.807) is 0 Å². The number of carbonyl (C=O) groups is 1. The average Bonchev–Trinajstić information content (AvgIpc) is 2.63. The molecule has 2 heteroatoms. The molecule has 130 valence electrons. The van der Waals surface area contributed by atoms with Crippen molar-refractivity contribution in [3.63, 3.8) is 0 Å². The summed E-state index contributed by atoms with van der Waals surface area (Å²) < 4.78 is 5.72. The molecule has 0 N–H and O–H groups in total. The molecule has 0 bridgehead atoms. The third-order valence-electron chi connectivity index (χ3n) is 5.81. The molecule has 2 nitrogen and oxygen atoms in total. The lowest BCUT2D eigenvalue weighted by atomic mass is 9.86. The summed E-state index contributed by atoms with van der Waals surface area (Å²) in [5.74, 6) is 1.46. The van der Waals surface area contributed by atoms with E-state index in [2.05, 4.69) is 32.1 Å². The summed E-state index contributed by atoms with van der Waals surface area (Å²) in [7, 11) is 0. The minimum Gasteiger partial charge on any atom is -0.459 e. The molecule has 1 aromatic rings. The molecule has 0 aliphatic heterocycles. The van der Waals surface area contributed by atoms with E-state index in [1.165, 1.54) is 43.2 Å². The summed E-state index contributed by atoms with van der Waals surface area (Å²) in [5.41, 5.74) is 3.36. The van der Waals surface area contributed by atoms with E-state index in [1.807, 2.05) is 12.1 Å². The van der Waals surface area contributed by atoms with Crippen LogP contribution < -0.4 is 0 Å². The lowest BCUT2D eigenvalue weighted by molar-refractivity contribution is 0.0164. The van der Waals surface area contributed by atoms with Crippen LogP contribution in [0.2, 0.25) is 0 Å². The van der Waals surface area contributed by atoms with Gasteiger partial charge in [0.1, 0.15) is 6.10 Å². The summed E-state index contributed by atoms with van der Waals surface area (Å²) in [6.07, 6.45) is 11.7. The Morgan fingerprint density at radius 2 is 1.79 bits per heavy atom. The molecule has 0 aromatic heterocycles. The Morgan fingerprint density at radius 3 is 2.38 bits per heavy atom. The number of rotatable bonds is 4. The van der Waals surface area contributed by atoms with Crippen LogP contribution in [0.1, 0.15) is 81.1 Å². The zero-order valence-corrected chi connectivity index (χ0v) is 15.1. The quantitative estimate of drug-likeness (QED) is 0.633. The predicted molar refractivity (Wildman–Crippen MR) is 98.9 cm³/mol. The van der Waals surface area contributed by atoms with Crippen molar-refractivity contribution in [3.05, 3.63) is 41.5 Å². The maximum Gasteiger partial charge on any atom is 0.338 e. The van der Waals surface area contributed by atoms with Crippen LogP contribution in [0.4, 0.5) is 0 Å². The Morgan fingerprint density at radius 1 is 1.08 bits per heavy atom. The fourth-order valence-electron chi connectivity index (χ4n) is 3.93. The van der Waals surface area contributed by atoms with Crippen LogP contribution in [0.5, 0.6) is 0 Å². The van der Waals surface area contributed by atoms with Crippen LogP contribution >= 0.6 is 0 Å². The van der Waals surface area contributed by atoms with E-state index in [9.17, 15) is 4.79 Å². The first-order chi connectivity index (χ1) is 11.7. The predicted octanol–water partition coefficient (Wildman–Crippen LogP) is 6.02. The van der Waals surface area contributed by atoms with Crippen molar-refractivity contribution in [1.29, 1.82) is 0 Å². The molecule has 24 heavy (non-hydrogen) atoms. The Kier molecular flexibility index (Phi) is 5.76.